The molecule has 5 aliphatic rings. The van der Waals surface area contributed by atoms with E-state index in [0.29, 0.717) is 0 Å². The predicted octanol–water partition coefficient (Wildman–Crippen LogP) is 16.7. The predicted molar refractivity (Wildman–Crippen MR) is 321 cm³/mol. The van der Waals surface area contributed by atoms with Crippen molar-refractivity contribution in [1.82, 2.24) is 0 Å². The van der Waals surface area contributed by atoms with E-state index >= 15 is 0 Å². The molecule has 4 aliphatic heterocycles. The van der Waals surface area contributed by atoms with Crippen molar-refractivity contribution < 1.29 is 0 Å². The van der Waals surface area contributed by atoms with Gasteiger partial charge in [-0.05, 0) is 176 Å². The largest absolute Gasteiger partial charge is 0.334 e. The van der Waals surface area contributed by atoms with Gasteiger partial charge in [0.2, 0.25) is 0 Å². The van der Waals surface area contributed by atoms with Crippen LogP contribution in [0.5, 0.6) is 0 Å². The van der Waals surface area contributed by atoms with Crippen molar-refractivity contribution in [2.24, 2.45) is 0 Å². The molecule has 8 aromatic carbocycles. The summed E-state index contributed by atoms with van der Waals surface area (Å²) in [5.41, 5.74) is 27.0. The maximum absolute atomic E-state index is 2.83. The molecule has 8 aromatic rings. The zero-order chi connectivity index (χ0) is 52.4. The van der Waals surface area contributed by atoms with Crippen molar-refractivity contribution >= 4 is 68.6 Å². The van der Waals surface area contributed by atoms with E-state index < -0.39 is 5.41 Å². The molecule has 0 amide bonds. The van der Waals surface area contributed by atoms with Crippen LogP contribution in [-0.4, -0.2) is 12.3 Å². The highest BCUT2D eigenvalue weighted by atomic mass is 15.3. The van der Waals surface area contributed by atoms with Crippen molar-refractivity contribution in [3.8, 4) is 0 Å². The van der Waals surface area contributed by atoms with Gasteiger partial charge in [0.1, 0.15) is 0 Å². The second-order valence-corrected chi connectivity index (χ2v) is 26.7. The second-order valence-electron chi connectivity index (χ2n) is 26.7. The molecule has 1 aliphatic carbocycles. The summed E-state index contributed by atoms with van der Waals surface area (Å²) >= 11 is 0. The van der Waals surface area contributed by atoms with E-state index in [4.69, 9.17) is 0 Å². The number of hydrogen-bond acceptors (Lipinski definition) is 3. The lowest BCUT2D eigenvalue weighted by molar-refractivity contribution is 0.195. The van der Waals surface area contributed by atoms with Crippen LogP contribution in [0.2, 0.25) is 0 Å². The topological polar surface area (TPSA) is 9.72 Å². The monoisotopic (exact) mass is 980 g/mol. The minimum atomic E-state index is -0.616. The summed E-state index contributed by atoms with van der Waals surface area (Å²) in [5.74, 6) is 0. The van der Waals surface area contributed by atoms with Gasteiger partial charge in [-0.2, -0.15) is 0 Å². The molecule has 4 heterocycles. The Hall–Kier alpha value is -6.78. The van der Waals surface area contributed by atoms with Gasteiger partial charge in [-0.25, -0.2) is 0 Å². The molecular weight excluding hydrogens is 906 g/mol. The molecule has 3 nitrogen and oxygen atoms in total. The smallest absolute Gasteiger partial charge is 0.253 e. The standard InChI is InChI=1S/C71H74BN3/c1-45-38-56-63-59(40-45)73(52-31-26-47(27-32-52)66(3,4)5)61-43-54(75-58-35-30-51(68(9,10)11)42-55(58)69(12)36-20-21-37-70(69,75)13)44-62-65(61)72(63)64-57(71(56,49-22-16-14-17-23-49)50-24-18-15-19-25-50)39-46(2)41-60(64)74(62)53-33-28-48(29-34-53)67(6,7)8/h14-19,22-35,38-44H,20-21,36-37H2,1-13H3. The summed E-state index contributed by atoms with van der Waals surface area (Å²) in [6.07, 6.45) is 4.77. The average Bonchev–Trinajstić information content (AvgIpc) is 3.79. The lowest BCUT2D eigenvalue weighted by Gasteiger charge is -2.53. The van der Waals surface area contributed by atoms with Crippen LogP contribution in [0.4, 0.5) is 45.5 Å². The first kappa shape index (κ1) is 47.9. The Bertz CT molecular complexity index is 3420. The fourth-order valence-electron chi connectivity index (χ4n) is 14.9. The minimum Gasteiger partial charge on any atom is -0.334 e. The molecule has 0 spiro atoms. The van der Waals surface area contributed by atoms with Gasteiger partial charge in [-0.1, -0.05) is 191 Å². The highest BCUT2D eigenvalue weighted by molar-refractivity contribution is 7.01. The van der Waals surface area contributed by atoms with Gasteiger partial charge >= 0.3 is 0 Å². The molecule has 0 bridgehead atoms. The molecule has 13 rings (SSSR count). The van der Waals surface area contributed by atoms with E-state index in [-0.39, 0.29) is 33.9 Å². The maximum atomic E-state index is 2.83. The molecule has 0 N–H and O–H groups in total. The molecular formula is C71H74BN3. The second kappa shape index (κ2) is 16.1. The fourth-order valence-corrected chi connectivity index (χ4v) is 14.9. The van der Waals surface area contributed by atoms with Crippen LogP contribution >= 0.6 is 0 Å². The summed E-state index contributed by atoms with van der Waals surface area (Å²) in [7, 11) is 0. The van der Waals surface area contributed by atoms with Gasteiger partial charge in [-0.3, -0.25) is 0 Å². The van der Waals surface area contributed by atoms with Crippen molar-refractivity contribution in [3.63, 3.8) is 0 Å². The van der Waals surface area contributed by atoms with Gasteiger partial charge in [0.05, 0.1) is 11.0 Å². The highest BCUT2D eigenvalue weighted by Crippen LogP contribution is 2.63. The van der Waals surface area contributed by atoms with Gasteiger partial charge in [0, 0.05) is 50.9 Å². The third-order valence-corrected chi connectivity index (χ3v) is 19.0. The van der Waals surface area contributed by atoms with Crippen LogP contribution in [0.15, 0.2) is 164 Å². The molecule has 4 heteroatoms. The summed E-state index contributed by atoms with van der Waals surface area (Å²) in [6.45, 7) is 30.9. The lowest BCUT2D eigenvalue weighted by atomic mass is 9.28. The number of rotatable bonds is 5. The van der Waals surface area contributed by atoms with Crippen LogP contribution in [0.1, 0.15) is 157 Å². The third-order valence-electron chi connectivity index (χ3n) is 19.0. The van der Waals surface area contributed by atoms with E-state index in [1.54, 1.807) is 0 Å². The van der Waals surface area contributed by atoms with Gasteiger partial charge in [-0.15, -0.1) is 0 Å². The zero-order valence-corrected chi connectivity index (χ0v) is 46.8. The third kappa shape index (κ3) is 6.72. The molecule has 0 aromatic heterocycles. The van der Waals surface area contributed by atoms with Crippen LogP contribution in [-0.2, 0) is 27.1 Å². The van der Waals surface area contributed by atoms with Crippen LogP contribution < -0.4 is 31.1 Å². The minimum absolute atomic E-state index is 0.0114. The molecule has 2 unspecified atom stereocenters. The Morgan fingerprint density at radius 1 is 0.400 bits per heavy atom. The molecule has 1 saturated carbocycles. The van der Waals surface area contributed by atoms with Crippen molar-refractivity contribution in [2.75, 3.05) is 14.7 Å². The summed E-state index contributed by atoms with van der Waals surface area (Å²) in [6, 6.07) is 65.0. The number of fused-ring (bicyclic) bond motifs is 3. The first-order valence-corrected chi connectivity index (χ1v) is 28.0. The number of benzene rings is 8. The first-order valence-electron chi connectivity index (χ1n) is 28.0. The number of nitrogens with zero attached hydrogens (tertiary/aromatic N) is 3. The molecule has 2 atom stereocenters. The Kier molecular flexibility index (Phi) is 10.3. The van der Waals surface area contributed by atoms with Crippen molar-refractivity contribution in [3.05, 3.63) is 219 Å². The van der Waals surface area contributed by atoms with Crippen molar-refractivity contribution in [2.45, 2.75) is 148 Å². The Morgan fingerprint density at radius 3 is 1.28 bits per heavy atom. The van der Waals surface area contributed by atoms with E-state index in [1.165, 1.54) is 137 Å². The quantitative estimate of drug-likeness (QED) is 0.159. The molecule has 0 saturated heterocycles. The maximum Gasteiger partial charge on any atom is 0.253 e. The van der Waals surface area contributed by atoms with Gasteiger partial charge in [0.15, 0.2) is 0 Å². The summed E-state index contributed by atoms with van der Waals surface area (Å²) in [5, 5.41) is 0. The number of aryl methyl sites for hydroxylation is 2. The van der Waals surface area contributed by atoms with E-state index in [0.717, 1.165) is 6.42 Å². The van der Waals surface area contributed by atoms with Crippen molar-refractivity contribution in [1.29, 1.82) is 0 Å². The molecule has 0 radical (unpaired) electrons. The van der Waals surface area contributed by atoms with Crippen LogP contribution in [0.3, 0.4) is 0 Å². The zero-order valence-electron chi connectivity index (χ0n) is 46.8. The summed E-state index contributed by atoms with van der Waals surface area (Å²) in [4.78, 5) is 8.20. The Morgan fingerprint density at radius 2 is 0.827 bits per heavy atom. The van der Waals surface area contributed by atoms with Crippen LogP contribution in [0, 0.1) is 13.8 Å². The van der Waals surface area contributed by atoms with Gasteiger partial charge < -0.3 is 14.7 Å². The Balaban J connectivity index is 1.20. The molecule has 75 heavy (non-hydrogen) atoms. The van der Waals surface area contributed by atoms with E-state index in [9.17, 15) is 0 Å². The van der Waals surface area contributed by atoms with E-state index in [2.05, 4.69) is 269 Å². The van der Waals surface area contributed by atoms with Gasteiger partial charge in [0.25, 0.3) is 6.71 Å². The molecule has 1 fully saturated rings. The normalized spacial score (nSPS) is 20.0. The number of anilines is 8. The molecule has 376 valence electrons. The SMILES string of the molecule is Cc1cc2c3c(c1)C(c1ccccc1)(c1ccccc1)c1cc(C)cc4c1B3c1c(cc(N3c5ccc(C(C)(C)C)cc5C5(C)CCCCC35C)cc1N4c1ccc(C(C)(C)C)cc1)N2c1ccc(C(C)(C)C)cc1. The highest BCUT2D eigenvalue weighted by Gasteiger charge is 2.60. The Labute approximate surface area is 448 Å². The first-order chi connectivity index (χ1) is 35.6. The number of hydrogen-bond donors (Lipinski definition) is 0. The van der Waals surface area contributed by atoms with Crippen LogP contribution in [0.25, 0.3) is 0 Å². The summed E-state index contributed by atoms with van der Waals surface area (Å²) < 4.78 is 0. The average molecular weight is 980 g/mol. The fraction of sp³-hybridized carbons (Fsp3) is 0.324. The van der Waals surface area contributed by atoms with E-state index in [1.807, 2.05) is 0 Å². The lowest BCUT2D eigenvalue weighted by Crippen LogP contribution is -2.68.